The summed E-state index contributed by atoms with van der Waals surface area (Å²) in [6.45, 7) is 1.51. The van der Waals surface area contributed by atoms with E-state index in [1.165, 1.54) is 13.0 Å². The molecule has 0 aromatic heterocycles. The van der Waals surface area contributed by atoms with E-state index in [0.717, 1.165) is 12.5 Å². The zero-order valence-electron chi connectivity index (χ0n) is 11.0. The summed E-state index contributed by atoms with van der Waals surface area (Å²) in [7, 11) is 0. The van der Waals surface area contributed by atoms with Crippen LogP contribution in [0, 0.1) is 22.9 Å². The smallest absolute Gasteiger partial charge is 0.305 e. The number of nitrogens with zero attached hydrogens (tertiary/aromatic N) is 1. The van der Waals surface area contributed by atoms with E-state index in [4.69, 9.17) is 5.11 Å². The molecule has 0 amide bonds. The molecular weight excluding hydrogens is 267 g/mol. The minimum Gasteiger partial charge on any atom is -0.481 e. The van der Waals surface area contributed by atoms with Crippen molar-refractivity contribution in [1.29, 1.82) is 0 Å². The average Bonchev–Trinajstić information content (AvgIpc) is 2.29. The first-order valence-electron chi connectivity index (χ1n) is 6.27. The Hall–Kier alpha value is -2.18. The first-order chi connectivity index (χ1) is 9.33. The van der Waals surface area contributed by atoms with E-state index in [0.29, 0.717) is 12.8 Å². The van der Waals surface area contributed by atoms with E-state index >= 15 is 0 Å². The van der Waals surface area contributed by atoms with Crippen LogP contribution in [0.25, 0.3) is 0 Å². The summed E-state index contributed by atoms with van der Waals surface area (Å²) in [6.07, 6.45) is 2.02. The predicted molar refractivity (Wildman–Crippen MR) is 70.2 cm³/mol. The number of hydrogen-bond donors (Lipinski definition) is 2. The van der Waals surface area contributed by atoms with Gasteiger partial charge in [0.25, 0.3) is 5.69 Å². The molecule has 1 aliphatic rings. The Morgan fingerprint density at radius 2 is 2.20 bits per heavy atom. The maximum absolute atomic E-state index is 13.4. The molecule has 0 heterocycles. The predicted octanol–water partition coefficient (Wildman–Crippen LogP) is 2.85. The van der Waals surface area contributed by atoms with Crippen molar-refractivity contribution in [3.8, 4) is 0 Å². The van der Waals surface area contributed by atoms with Crippen molar-refractivity contribution in [2.75, 3.05) is 5.32 Å². The highest BCUT2D eigenvalue weighted by Crippen LogP contribution is 2.40. The highest BCUT2D eigenvalue weighted by molar-refractivity contribution is 5.71. The highest BCUT2D eigenvalue weighted by atomic mass is 19.1. The normalized spacial score (nSPS) is 16.3. The van der Waals surface area contributed by atoms with E-state index in [1.54, 1.807) is 0 Å². The fraction of sp³-hybridized carbons (Fsp3) is 0.462. The van der Waals surface area contributed by atoms with Crippen LogP contribution < -0.4 is 5.32 Å². The van der Waals surface area contributed by atoms with Gasteiger partial charge in [-0.1, -0.05) is 0 Å². The monoisotopic (exact) mass is 282 g/mol. The number of aryl methyl sites for hydroxylation is 1. The minimum absolute atomic E-state index is 0.111. The Kier molecular flexibility index (Phi) is 3.61. The van der Waals surface area contributed by atoms with Crippen LogP contribution >= 0.6 is 0 Å². The Morgan fingerprint density at radius 3 is 2.65 bits per heavy atom. The topological polar surface area (TPSA) is 92.5 Å². The summed E-state index contributed by atoms with van der Waals surface area (Å²) >= 11 is 0. The van der Waals surface area contributed by atoms with Crippen LogP contribution in [0.1, 0.15) is 31.2 Å². The molecule has 0 atom stereocenters. The van der Waals surface area contributed by atoms with Crippen molar-refractivity contribution in [3.05, 3.63) is 33.6 Å². The second kappa shape index (κ2) is 5.07. The molecule has 1 fully saturated rings. The van der Waals surface area contributed by atoms with Crippen molar-refractivity contribution < 1.29 is 19.2 Å². The summed E-state index contributed by atoms with van der Waals surface area (Å²) in [5, 5.41) is 22.9. The SMILES string of the molecule is Cc1cc(NC2(CC(=O)O)CCC2)c([N+](=O)[O-])cc1F. The van der Waals surface area contributed by atoms with Gasteiger partial charge in [-0.15, -0.1) is 0 Å². The number of nitro benzene ring substituents is 1. The Labute approximate surface area is 114 Å². The molecule has 0 unspecified atom stereocenters. The molecule has 0 radical (unpaired) electrons. The van der Waals surface area contributed by atoms with Gasteiger partial charge in [0.2, 0.25) is 0 Å². The molecule has 2 N–H and O–H groups in total. The molecular formula is C13H15FN2O4. The van der Waals surface area contributed by atoms with Crippen LogP contribution in [0.2, 0.25) is 0 Å². The van der Waals surface area contributed by atoms with Gasteiger partial charge in [-0.3, -0.25) is 14.9 Å². The number of rotatable bonds is 5. The largest absolute Gasteiger partial charge is 0.481 e. The van der Waals surface area contributed by atoms with E-state index in [1.807, 2.05) is 0 Å². The van der Waals surface area contributed by atoms with Crippen LogP contribution in [0.5, 0.6) is 0 Å². The van der Waals surface area contributed by atoms with Crippen molar-refractivity contribution in [2.24, 2.45) is 0 Å². The number of hydrogen-bond acceptors (Lipinski definition) is 4. The second-order valence-corrected chi connectivity index (χ2v) is 5.21. The third-order valence-corrected chi connectivity index (χ3v) is 3.67. The van der Waals surface area contributed by atoms with E-state index in [9.17, 15) is 19.3 Å². The van der Waals surface area contributed by atoms with Crippen LogP contribution in [0.15, 0.2) is 12.1 Å². The molecule has 2 rings (SSSR count). The molecule has 1 saturated carbocycles. The molecule has 0 bridgehead atoms. The van der Waals surface area contributed by atoms with Gasteiger partial charge in [0, 0.05) is 5.54 Å². The average molecular weight is 282 g/mol. The van der Waals surface area contributed by atoms with Crippen LogP contribution in [0.4, 0.5) is 15.8 Å². The zero-order valence-corrected chi connectivity index (χ0v) is 11.0. The molecule has 0 aliphatic heterocycles. The number of carboxylic acids is 1. The van der Waals surface area contributed by atoms with Gasteiger partial charge in [-0.05, 0) is 37.8 Å². The number of carboxylic acid groups (broad SMARTS) is 1. The highest BCUT2D eigenvalue weighted by Gasteiger charge is 2.40. The lowest BCUT2D eigenvalue weighted by Gasteiger charge is -2.42. The van der Waals surface area contributed by atoms with Crippen molar-refractivity contribution in [3.63, 3.8) is 0 Å². The van der Waals surface area contributed by atoms with Gasteiger partial charge < -0.3 is 10.4 Å². The lowest BCUT2D eigenvalue weighted by atomic mass is 9.74. The number of nitro groups is 1. The van der Waals surface area contributed by atoms with Crippen LogP contribution in [0.3, 0.4) is 0 Å². The zero-order chi connectivity index (χ0) is 14.9. The first kappa shape index (κ1) is 14.2. The van der Waals surface area contributed by atoms with Crippen molar-refractivity contribution in [1.82, 2.24) is 0 Å². The number of carbonyl (C=O) groups is 1. The molecule has 6 nitrogen and oxygen atoms in total. The molecule has 1 aromatic carbocycles. The van der Waals surface area contributed by atoms with Gasteiger partial charge in [-0.25, -0.2) is 4.39 Å². The molecule has 108 valence electrons. The summed E-state index contributed by atoms with van der Waals surface area (Å²) in [4.78, 5) is 21.2. The van der Waals surface area contributed by atoms with Gasteiger partial charge >= 0.3 is 5.97 Å². The van der Waals surface area contributed by atoms with Crippen LogP contribution in [-0.2, 0) is 4.79 Å². The Morgan fingerprint density at radius 1 is 1.55 bits per heavy atom. The van der Waals surface area contributed by atoms with Gasteiger partial charge in [0.15, 0.2) is 0 Å². The summed E-state index contributed by atoms with van der Waals surface area (Å²) in [5.41, 5.74) is -0.580. The quantitative estimate of drug-likeness (QED) is 0.640. The maximum atomic E-state index is 13.4. The third kappa shape index (κ3) is 2.71. The molecule has 7 heteroatoms. The van der Waals surface area contributed by atoms with Crippen LogP contribution in [-0.4, -0.2) is 21.5 Å². The summed E-state index contributed by atoms with van der Waals surface area (Å²) in [5.74, 6) is -1.61. The molecule has 1 aliphatic carbocycles. The second-order valence-electron chi connectivity index (χ2n) is 5.21. The van der Waals surface area contributed by atoms with Crippen molar-refractivity contribution >= 4 is 17.3 Å². The number of nitrogens with one attached hydrogen (secondary N) is 1. The van der Waals surface area contributed by atoms with E-state index in [2.05, 4.69) is 5.32 Å². The number of halogens is 1. The Balaban J connectivity index is 2.34. The van der Waals surface area contributed by atoms with Gasteiger partial charge in [0.05, 0.1) is 17.4 Å². The Bertz CT molecular complexity index is 570. The first-order valence-corrected chi connectivity index (χ1v) is 6.27. The number of anilines is 1. The van der Waals surface area contributed by atoms with Gasteiger partial charge in [-0.2, -0.15) is 0 Å². The minimum atomic E-state index is -0.960. The van der Waals surface area contributed by atoms with E-state index < -0.39 is 22.2 Å². The molecule has 0 saturated heterocycles. The summed E-state index contributed by atoms with van der Waals surface area (Å²) in [6, 6.07) is 2.22. The maximum Gasteiger partial charge on any atom is 0.305 e. The summed E-state index contributed by atoms with van der Waals surface area (Å²) < 4.78 is 13.4. The van der Waals surface area contributed by atoms with Gasteiger partial charge in [0.1, 0.15) is 11.5 Å². The number of benzene rings is 1. The molecule has 20 heavy (non-hydrogen) atoms. The fourth-order valence-electron chi connectivity index (χ4n) is 2.45. The molecule has 1 aromatic rings. The lowest BCUT2D eigenvalue weighted by molar-refractivity contribution is -0.384. The third-order valence-electron chi connectivity index (χ3n) is 3.67. The number of aliphatic carboxylic acids is 1. The standard InChI is InChI=1S/C13H15FN2O4/c1-8-5-10(11(16(19)20)6-9(8)14)15-13(3-2-4-13)7-12(17)18/h5-6,15H,2-4,7H2,1H3,(H,17,18). The lowest BCUT2D eigenvalue weighted by Crippen LogP contribution is -2.46. The van der Waals surface area contributed by atoms with E-state index in [-0.39, 0.29) is 23.4 Å². The molecule has 0 spiro atoms. The fourth-order valence-corrected chi connectivity index (χ4v) is 2.45. The van der Waals surface area contributed by atoms with Crippen molar-refractivity contribution in [2.45, 2.75) is 38.1 Å².